The number of nitrogens with one attached hydrogen (secondary N) is 1. The molecule has 112 valence electrons. The molecular formula is C15H31N3O. The summed E-state index contributed by atoms with van der Waals surface area (Å²) in [5.74, 6) is 0.132. The van der Waals surface area contributed by atoms with Gasteiger partial charge < -0.3 is 11.1 Å². The maximum absolute atomic E-state index is 11.9. The second-order valence-electron chi connectivity index (χ2n) is 5.90. The number of likely N-dealkylation sites (N-methyl/N-ethyl adjacent to an activating group) is 1. The molecule has 1 aliphatic rings. The minimum absolute atomic E-state index is 0.0403. The molecular weight excluding hydrogens is 238 g/mol. The van der Waals surface area contributed by atoms with Crippen molar-refractivity contribution in [2.75, 3.05) is 26.7 Å². The summed E-state index contributed by atoms with van der Waals surface area (Å²) in [6, 6.07) is 0. The number of hydrogen-bond donors (Lipinski definition) is 2. The molecule has 0 saturated heterocycles. The largest absolute Gasteiger partial charge is 0.355 e. The van der Waals surface area contributed by atoms with Gasteiger partial charge in [0, 0.05) is 18.6 Å². The van der Waals surface area contributed by atoms with E-state index in [1.807, 2.05) is 0 Å². The monoisotopic (exact) mass is 269 g/mol. The van der Waals surface area contributed by atoms with Crippen molar-refractivity contribution in [3.05, 3.63) is 0 Å². The van der Waals surface area contributed by atoms with E-state index in [0.29, 0.717) is 13.1 Å². The highest BCUT2D eigenvalue weighted by Gasteiger charge is 2.34. The Morgan fingerprint density at radius 3 is 2.42 bits per heavy atom. The smallest absolute Gasteiger partial charge is 0.234 e. The zero-order chi connectivity index (χ0) is 14.1. The number of amides is 1. The Hall–Kier alpha value is -0.610. The lowest BCUT2D eigenvalue weighted by Gasteiger charge is -2.40. The van der Waals surface area contributed by atoms with Gasteiger partial charge in [-0.3, -0.25) is 9.69 Å². The van der Waals surface area contributed by atoms with E-state index in [1.165, 1.54) is 25.7 Å². The van der Waals surface area contributed by atoms with Crippen LogP contribution in [0.4, 0.5) is 0 Å². The molecule has 0 radical (unpaired) electrons. The highest BCUT2D eigenvalue weighted by molar-refractivity contribution is 5.78. The van der Waals surface area contributed by atoms with Gasteiger partial charge in [0.25, 0.3) is 0 Å². The van der Waals surface area contributed by atoms with Crippen LogP contribution >= 0.6 is 0 Å². The maximum Gasteiger partial charge on any atom is 0.234 e. The first-order valence-electron chi connectivity index (χ1n) is 7.82. The molecule has 0 unspecified atom stereocenters. The third kappa shape index (κ3) is 5.11. The third-order valence-corrected chi connectivity index (χ3v) is 4.46. The quantitative estimate of drug-likeness (QED) is 0.548. The van der Waals surface area contributed by atoms with Crippen LogP contribution in [0.3, 0.4) is 0 Å². The highest BCUT2D eigenvalue weighted by atomic mass is 16.2. The number of hydrogen-bond acceptors (Lipinski definition) is 3. The Morgan fingerprint density at radius 2 is 1.89 bits per heavy atom. The minimum atomic E-state index is 0.0403. The van der Waals surface area contributed by atoms with Crippen LogP contribution in [0.2, 0.25) is 0 Å². The van der Waals surface area contributed by atoms with Crippen molar-refractivity contribution in [3.63, 3.8) is 0 Å². The van der Waals surface area contributed by atoms with Crippen molar-refractivity contribution in [2.24, 2.45) is 5.73 Å². The zero-order valence-electron chi connectivity index (χ0n) is 12.7. The van der Waals surface area contributed by atoms with Gasteiger partial charge in [-0.15, -0.1) is 0 Å². The predicted molar refractivity (Wildman–Crippen MR) is 80.0 cm³/mol. The molecule has 1 rings (SSSR count). The van der Waals surface area contributed by atoms with E-state index < -0.39 is 0 Å². The van der Waals surface area contributed by atoms with Gasteiger partial charge >= 0.3 is 0 Å². The van der Waals surface area contributed by atoms with Crippen LogP contribution in [0.5, 0.6) is 0 Å². The molecule has 19 heavy (non-hydrogen) atoms. The van der Waals surface area contributed by atoms with Gasteiger partial charge in [-0.1, -0.05) is 39.0 Å². The molecule has 0 aromatic carbocycles. The summed E-state index contributed by atoms with van der Waals surface area (Å²) in [6.07, 6.45) is 9.50. The van der Waals surface area contributed by atoms with E-state index in [0.717, 1.165) is 32.2 Å². The van der Waals surface area contributed by atoms with Gasteiger partial charge in [0.15, 0.2) is 0 Å². The van der Waals surface area contributed by atoms with Gasteiger partial charge in [0.05, 0.1) is 6.54 Å². The van der Waals surface area contributed by atoms with Gasteiger partial charge in [-0.05, 0) is 26.3 Å². The SMILES string of the molecule is CCCCNC(=O)CN(C)C1(CN)CCCCCC1. The average Bonchev–Trinajstić information content (AvgIpc) is 2.65. The summed E-state index contributed by atoms with van der Waals surface area (Å²) in [5, 5.41) is 2.99. The van der Waals surface area contributed by atoms with Crippen molar-refractivity contribution in [1.82, 2.24) is 10.2 Å². The van der Waals surface area contributed by atoms with Gasteiger partial charge in [0.2, 0.25) is 5.91 Å². The summed E-state index contributed by atoms with van der Waals surface area (Å²) >= 11 is 0. The molecule has 1 saturated carbocycles. The second-order valence-corrected chi connectivity index (χ2v) is 5.90. The molecule has 0 aromatic rings. The van der Waals surface area contributed by atoms with E-state index in [1.54, 1.807) is 0 Å². The molecule has 0 atom stereocenters. The number of unbranched alkanes of at least 4 members (excludes halogenated alkanes) is 1. The van der Waals surface area contributed by atoms with Crippen LogP contribution in [-0.2, 0) is 4.79 Å². The zero-order valence-corrected chi connectivity index (χ0v) is 12.7. The summed E-state index contributed by atoms with van der Waals surface area (Å²) in [7, 11) is 2.05. The Balaban J connectivity index is 2.47. The fourth-order valence-corrected chi connectivity index (χ4v) is 2.97. The summed E-state index contributed by atoms with van der Waals surface area (Å²) in [5.41, 5.74) is 6.07. The maximum atomic E-state index is 11.9. The molecule has 0 aliphatic heterocycles. The standard InChI is InChI=1S/C15H31N3O/c1-3-4-11-17-14(19)12-18(2)15(13-16)9-7-5-6-8-10-15/h3-13,16H2,1-2H3,(H,17,19). The normalized spacial score (nSPS) is 19.2. The van der Waals surface area contributed by atoms with Crippen molar-refractivity contribution >= 4 is 5.91 Å². The van der Waals surface area contributed by atoms with Gasteiger partial charge in [-0.2, -0.15) is 0 Å². The van der Waals surface area contributed by atoms with Gasteiger partial charge in [-0.25, -0.2) is 0 Å². The topological polar surface area (TPSA) is 58.4 Å². The first-order chi connectivity index (χ1) is 9.14. The van der Waals surface area contributed by atoms with E-state index in [2.05, 4.69) is 24.2 Å². The average molecular weight is 269 g/mol. The predicted octanol–water partition coefficient (Wildman–Crippen LogP) is 1.89. The highest BCUT2D eigenvalue weighted by Crippen LogP contribution is 2.30. The Labute approximate surface area is 118 Å². The molecule has 1 amide bonds. The second kappa shape index (κ2) is 8.54. The van der Waals surface area contributed by atoms with E-state index in [4.69, 9.17) is 5.73 Å². The lowest BCUT2D eigenvalue weighted by atomic mass is 9.88. The Morgan fingerprint density at radius 1 is 1.26 bits per heavy atom. The third-order valence-electron chi connectivity index (χ3n) is 4.46. The lowest BCUT2D eigenvalue weighted by Crippen LogP contribution is -2.54. The van der Waals surface area contributed by atoms with Crippen LogP contribution in [0.1, 0.15) is 58.3 Å². The van der Waals surface area contributed by atoms with Crippen LogP contribution in [0, 0.1) is 0 Å². The number of carbonyl (C=O) groups excluding carboxylic acids is 1. The molecule has 3 N–H and O–H groups in total. The van der Waals surface area contributed by atoms with Crippen molar-refractivity contribution in [3.8, 4) is 0 Å². The van der Waals surface area contributed by atoms with E-state index >= 15 is 0 Å². The van der Waals surface area contributed by atoms with E-state index in [-0.39, 0.29) is 11.4 Å². The van der Waals surface area contributed by atoms with Gasteiger partial charge in [0.1, 0.15) is 0 Å². The van der Waals surface area contributed by atoms with E-state index in [9.17, 15) is 4.79 Å². The number of carbonyl (C=O) groups is 1. The molecule has 4 heteroatoms. The summed E-state index contributed by atoms with van der Waals surface area (Å²) < 4.78 is 0. The summed E-state index contributed by atoms with van der Waals surface area (Å²) in [4.78, 5) is 14.1. The minimum Gasteiger partial charge on any atom is -0.355 e. The Bertz CT molecular complexity index is 260. The van der Waals surface area contributed by atoms with Crippen molar-refractivity contribution < 1.29 is 4.79 Å². The lowest BCUT2D eigenvalue weighted by molar-refractivity contribution is -0.123. The molecule has 1 fully saturated rings. The molecule has 0 aromatic heterocycles. The molecule has 0 spiro atoms. The van der Waals surface area contributed by atoms with Crippen LogP contribution in [0.25, 0.3) is 0 Å². The molecule has 0 heterocycles. The van der Waals surface area contributed by atoms with Crippen molar-refractivity contribution in [1.29, 1.82) is 0 Å². The van der Waals surface area contributed by atoms with Crippen LogP contribution in [-0.4, -0.2) is 43.0 Å². The Kier molecular flexibility index (Phi) is 7.39. The van der Waals surface area contributed by atoms with Crippen LogP contribution in [0.15, 0.2) is 0 Å². The first kappa shape index (κ1) is 16.4. The first-order valence-corrected chi connectivity index (χ1v) is 7.82. The molecule has 0 bridgehead atoms. The number of nitrogens with zero attached hydrogens (tertiary/aromatic N) is 1. The van der Waals surface area contributed by atoms with Crippen LogP contribution < -0.4 is 11.1 Å². The number of rotatable bonds is 7. The molecule has 1 aliphatic carbocycles. The fourth-order valence-electron chi connectivity index (χ4n) is 2.97. The number of nitrogens with two attached hydrogens (primary N) is 1. The fraction of sp³-hybridized carbons (Fsp3) is 0.933. The molecule has 4 nitrogen and oxygen atoms in total. The van der Waals surface area contributed by atoms with Crippen molar-refractivity contribution in [2.45, 2.75) is 63.8 Å². The summed E-state index contributed by atoms with van der Waals surface area (Å²) in [6.45, 7) is 4.05.